The molecule has 0 unspecified atom stereocenters. The lowest BCUT2D eigenvalue weighted by molar-refractivity contribution is -0.140. The maximum absolute atomic E-state index is 12.0. The predicted octanol–water partition coefficient (Wildman–Crippen LogP) is 2.53. The Labute approximate surface area is 122 Å². The zero-order valence-electron chi connectivity index (χ0n) is 13.4. The van der Waals surface area contributed by atoms with E-state index in [0.29, 0.717) is 6.54 Å². The molecule has 1 aromatic carbocycles. The molecule has 0 spiro atoms. The van der Waals surface area contributed by atoms with Gasteiger partial charge in [-0.15, -0.1) is 0 Å². The lowest BCUT2D eigenvalue weighted by atomic mass is 10.2. The summed E-state index contributed by atoms with van der Waals surface area (Å²) in [6, 6.07) is 8.20. The number of hydrogen-bond donors (Lipinski definition) is 0. The molecule has 0 atom stereocenters. The van der Waals surface area contributed by atoms with Crippen LogP contribution in [0.4, 0.5) is 5.69 Å². The number of carbonyl (C=O) groups excluding carboxylic acids is 1. The average Bonchev–Trinajstić information content (AvgIpc) is 2.35. The van der Waals surface area contributed by atoms with Crippen molar-refractivity contribution in [3.05, 3.63) is 29.8 Å². The van der Waals surface area contributed by atoms with Gasteiger partial charge in [-0.2, -0.15) is 0 Å². The van der Waals surface area contributed by atoms with Crippen molar-refractivity contribution in [2.45, 2.75) is 32.9 Å². The van der Waals surface area contributed by atoms with E-state index in [2.05, 4.69) is 17.0 Å². The molecule has 4 heteroatoms. The molecule has 0 saturated carbocycles. The fourth-order valence-electron chi connectivity index (χ4n) is 1.65. The molecule has 0 aliphatic carbocycles. The summed E-state index contributed by atoms with van der Waals surface area (Å²) in [5, 5.41) is 0. The Kier molecular flexibility index (Phi) is 5.57. The highest BCUT2D eigenvalue weighted by molar-refractivity contribution is 5.77. The van der Waals surface area contributed by atoms with Crippen molar-refractivity contribution in [3.63, 3.8) is 0 Å². The fourth-order valence-corrected chi connectivity index (χ4v) is 1.65. The third-order valence-corrected chi connectivity index (χ3v) is 2.93. The molecule has 20 heavy (non-hydrogen) atoms. The van der Waals surface area contributed by atoms with E-state index in [0.717, 1.165) is 11.3 Å². The van der Waals surface area contributed by atoms with Crippen molar-refractivity contribution < 1.29 is 9.53 Å². The van der Waals surface area contributed by atoms with E-state index in [1.165, 1.54) is 0 Å². The summed E-state index contributed by atoms with van der Waals surface area (Å²) in [6.45, 7) is 6.55. The molecule has 0 fully saturated rings. The summed E-state index contributed by atoms with van der Waals surface area (Å²) in [5.41, 5.74) is 1.98. The Bertz CT molecular complexity index is 433. The molecule has 1 rings (SSSR count). The number of carbonyl (C=O) groups is 1. The van der Waals surface area contributed by atoms with Crippen LogP contribution in [-0.2, 0) is 16.1 Å². The summed E-state index contributed by atoms with van der Waals surface area (Å²) in [4.78, 5) is 15.7. The van der Waals surface area contributed by atoms with Gasteiger partial charge in [0.25, 0.3) is 0 Å². The Morgan fingerprint density at radius 3 is 2.10 bits per heavy atom. The van der Waals surface area contributed by atoms with Crippen LogP contribution in [0.1, 0.15) is 26.3 Å². The molecule has 1 amide bonds. The van der Waals surface area contributed by atoms with Crippen LogP contribution in [0.2, 0.25) is 0 Å². The van der Waals surface area contributed by atoms with Gasteiger partial charge < -0.3 is 14.5 Å². The molecule has 0 saturated heterocycles. The zero-order chi connectivity index (χ0) is 15.3. The van der Waals surface area contributed by atoms with E-state index in [1.54, 1.807) is 11.9 Å². The largest absolute Gasteiger partial charge is 0.378 e. The third kappa shape index (κ3) is 5.61. The van der Waals surface area contributed by atoms with Gasteiger partial charge in [-0.1, -0.05) is 12.1 Å². The monoisotopic (exact) mass is 278 g/mol. The van der Waals surface area contributed by atoms with Crippen LogP contribution in [0, 0.1) is 0 Å². The van der Waals surface area contributed by atoms with Crippen LogP contribution in [0.15, 0.2) is 24.3 Å². The highest BCUT2D eigenvalue weighted by Crippen LogP contribution is 2.13. The number of nitrogens with zero attached hydrogens (tertiary/aromatic N) is 2. The van der Waals surface area contributed by atoms with Crippen LogP contribution in [0.25, 0.3) is 0 Å². The lowest BCUT2D eigenvalue weighted by Gasteiger charge is -2.23. The molecule has 0 radical (unpaired) electrons. The predicted molar refractivity (Wildman–Crippen MR) is 82.9 cm³/mol. The van der Waals surface area contributed by atoms with Crippen LogP contribution >= 0.6 is 0 Å². The lowest BCUT2D eigenvalue weighted by Crippen LogP contribution is -2.33. The van der Waals surface area contributed by atoms with Crippen molar-refractivity contribution in [1.82, 2.24) is 4.90 Å². The van der Waals surface area contributed by atoms with Gasteiger partial charge in [0.2, 0.25) is 5.91 Å². The molecular formula is C16H26N2O2. The minimum Gasteiger partial charge on any atom is -0.378 e. The van der Waals surface area contributed by atoms with Gasteiger partial charge in [-0.05, 0) is 38.5 Å². The number of hydrogen-bond acceptors (Lipinski definition) is 3. The molecule has 0 bridgehead atoms. The first kappa shape index (κ1) is 16.5. The molecular weight excluding hydrogens is 252 g/mol. The van der Waals surface area contributed by atoms with Gasteiger partial charge >= 0.3 is 0 Å². The normalized spacial score (nSPS) is 11.3. The third-order valence-electron chi connectivity index (χ3n) is 2.93. The minimum atomic E-state index is -0.288. The molecule has 0 aliphatic rings. The number of rotatable bonds is 5. The van der Waals surface area contributed by atoms with Crippen LogP contribution in [-0.4, -0.2) is 44.2 Å². The van der Waals surface area contributed by atoms with Gasteiger partial charge in [0, 0.05) is 33.4 Å². The topological polar surface area (TPSA) is 32.8 Å². The number of anilines is 1. The van der Waals surface area contributed by atoms with Crippen molar-refractivity contribution in [1.29, 1.82) is 0 Å². The highest BCUT2D eigenvalue weighted by Gasteiger charge is 2.15. The minimum absolute atomic E-state index is 0.00314. The van der Waals surface area contributed by atoms with Crippen molar-refractivity contribution in [2.24, 2.45) is 0 Å². The number of benzene rings is 1. The fraction of sp³-hybridized carbons (Fsp3) is 0.562. The highest BCUT2D eigenvalue weighted by atomic mass is 16.5. The maximum atomic E-state index is 12.0. The molecule has 0 N–H and O–H groups in total. The van der Waals surface area contributed by atoms with E-state index < -0.39 is 0 Å². The summed E-state index contributed by atoms with van der Waals surface area (Å²) in [6.07, 6.45) is 0. The second-order valence-corrected chi connectivity index (χ2v) is 6.21. The SMILES string of the molecule is CN(Cc1ccc(N(C)C)cc1)C(=O)COC(C)(C)C. The molecule has 0 aliphatic heterocycles. The summed E-state index contributed by atoms with van der Waals surface area (Å²) in [7, 11) is 5.82. The first-order valence-corrected chi connectivity index (χ1v) is 6.83. The molecule has 4 nitrogen and oxygen atoms in total. The quantitative estimate of drug-likeness (QED) is 0.829. The second kappa shape index (κ2) is 6.75. The molecule has 1 aromatic rings. The van der Waals surface area contributed by atoms with Crippen molar-refractivity contribution in [2.75, 3.05) is 32.6 Å². The van der Waals surface area contributed by atoms with Crippen LogP contribution < -0.4 is 4.90 Å². The van der Waals surface area contributed by atoms with Gasteiger partial charge in [0.15, 0.2) is 0 Å². The van der Waals surface area contributed by atoms with E-state index in [9.17, 15) is 4.79 Å². The van der Waals surface area contributed by atoms with E-state index in [4.69, 9.17) is 4.74 Å². The van der Waals surface area contributed by atoms with Crippen LogP contribution in [0.5, 0.6) is 0 Å². The molecule has 0 heterocycles. The van der Waals surface area contributed by atoms with Crippen molar-refractivity contribution >= 4 is 11.6 Å². The Morgan fingerprint density at radius 2 is 1.65 bits per heavy atom. The summed E-state index contributed by atoms with van der Waals surface area (Å²) < 4.78 is 5.50. The smallest absolute Gasteiger partial charge is 0.248 e. The van der Waals surface area contributed by atoms with E-state index in [1.807, 2.05) is 47.0 Å². The van der Waals surface area contributed by atoms with E-state index in [-0.39, 0.29) is 18.1 Å². The van der Waals surface area contributed by atoms with E-state index >= 15 is 0 Å². The second-order valence-electron chi connectivity index (χ2n) is 6.21. The van der Waals surface area contributed by atoms with Gasteiger partial charge in [0.05, 0.1) is 5.60 Å². The van der Waals surface area contributed by atoms with Gasteiger partial charge in [0.1, 0.15) is 6.61 Å². The van der Waals surface area contributed by atoms with Crippen molar-refractivity contribution in [3.8, 4) is 0 Å². The zero-order valence-corrected chi connectivity index (χ0v) is 13.4. The molecule has 112 valence electrons. The first-order valence-electron chi connectivity index (χ1n) is 6.83. The number of amides is 1. The number of likely N-dealkylation sites (N-methyl/N-ethyl adjacent to an activating group) is 1. The molecule has 0 aromatic heterocycles. The van der Waals surface area contributed by atoms with Crippen LogP contribution in [0.3, 0.4) is 0 Å². The van der Waals surface area contributed by atoms with Gasteiger partial charge in [-0.25, -0.2) is 0 Å². The summed E-state index contributed by atoms with van der Waals surface area (Å²) in [5.74, 6) is -0.00314. The summed E-state index contributed by atoms with van der Waals surface area (Å²) >= 11 is 0. The first-order chi connectivity index (χ1) is 9.19. The standard InChI is InChI=1S/C16H26N2O2/c1-16(2,3)20-12-15(19)18(6)11-13-7-9-14(10-8-13)17(4)5/h7-10H,11-12H2,1-6H3. The Morgan fingerprint density at radius 1 is 1.10 bits per heavy atom. The maximum Gasteiger partial charge on any atom is 0.248 e. The average molecular weight is 278 g/mol. The Balaban J connectivity index is 2.53. The number of ether oxygens (including phenoxy) is 1. The Hall–Kier alpha value is -1.55. The van der Waals surface area contributed by atoms with Gasteiger partial charge in [-0.3, -0.25) is 4.79 Å².